The number of hydrogen-bond acceptors (Lipinski definition) is 2. The van der Waals surface area contributed by atoms with Gasteiger partial charge in [-0.05, 0) is 55.2 Å². The van der Waals surface area contributed by atoms with Crippen LogP contribution in [-0.2, 0) is 11.2 Å². The van der Waals surface area contributed by atoms with E-state index in [0.717, 1.165) is 24.2 Å². The Labute approximate surface area is 154 Å². The lowest BCUT2D eigenvalue weighted by Gasteiger charge is -2.22. The molecule has 0 aliphatic carbocycles. The maximum Gasteiger partial charge on any atom is 0.418 e. The third-order valence-electron chi connectivity index (χ3n) is 4.29. The normalized spacial score (nSPS) is 10.3. The van der Waals surface area contributed by atoms with Crippen molar-refractivity contribution in [3.05, 3.63) is 96.1 Å². The number of hydrogen-bond donors (Lipinski definition) is 0. The molecule has 3 aromatic rings. The summed E-state index contributed by atoms with van der Waals surface area (Å²) in [6.07, 6.45) is 1.34. The summed E-state index contributed by atoms with van der Waals surface area (Å²) in [6.45, 7) is 2.50. The molecule has 3 rings (SSSR count). The number of carbonyl (C=O) groups is 1. The van der Waals surface area contributed by atoms with Gasteiger partial charge in [-0.25, -0.2) is 9.69 Å². The molecule has 132 valence electrons. The second kappa shape index (κ2) is 8.86. The van der Waals surface area contributed by atoms with Crippen molar-refractivity contribution in [3.8, 4) is 0 Å². The second-order valence-corrected chi connectivity index (χ2v) is 6.15. The Morgan fingerprint density at radius 1 is 0.808 bits per heavy atom. The summed E-state index contributed by atoms with van der Waals surface area (Å²) in [7, 11) is 0. The molecule has 0 bridgehead atoms. The van der Waals surface area contributed by atoms with Crippen molar-refractivity contribution in [1.29, 1.82) is 0 Å². The number of anilines is 2. The van der Waals surface area contributed by atoms with Crippen molar-refractivity contribution in [3.63, 3.8) is 0 Å². The van der Waals surface area contributed by atoms with Crippen LogP contribution in [0.25, 0.3) is 0 Å². The maximum absolute atomic E-state index is 12.7. The molecular weight excluding hydrogens is 322 g/mol. The fraction of sp³-hybridized carbons (Fsp3) is 0.174. The summed E-state index contributed by atoms with van der Waals surface area (Å²) in [5.41, 5.74) is 4.16. The van der Waals surface area contributed by atoms with E-state index in [1.54, 1.807) is 4.90 Å². The van der Waals surface area contributed by atoms with E-state index < -0.39 is 0 Å². The van der Waals surface area contributed by atoms with Gasteiger partial charge in [-0.1, -0.05) is 60.7 Å². The van der Waals surface area contributed by atoms with Gasteiger partial charge < -0.3 is 4.74 Å². The molecule has 0 heterocycles. The molecule has 0 spiro atoms. The maximum atomic E-state index is 12.7. The molecule has 3 nitrogen and oxygen atoms in total. The number of benzene rings is 3. The van der Waals surface area contributed by atoms with E-state index in [0.29, 0.717) is 6.61 Å². The predicted molar refractivity (Wildman–Crippen MR) is 106 cm³/mol. The highest BCUT2D eigenvalue weighted by Crippen LogP contribution is 2.25. The highest BCUT2D eigenvalue weighted by Gasteiger charge is 2.19. The van der Waals surface area contributed by atoms with E-state index in [9.17, 15) is 4.79 Å². The lowest BCUT2D eigenvalue weighted by atomic mass is 10.0. The first kappa shape index (κ1) is 17.7. The standard InChI is InChI=1S/C23H23NO2/c1-19-11-8-9-12-20(19)13-10-18-26-23(25)24(21-14-4-2-5-15-21)22-16-6-3-7-17-22/h2-9,11-12,14-17H,10,13,18H2,1H3. The summed E-state index contributed by atoms with van der Waals surface area (Å²) in [4.78, 5) is 14.3. The number of ether oxygens (including phenoxy) is 1. The average Bonchev–Trinajstić information content (AvgIpc) is 2.68. The smallest absolute Gasteiger partial charge is 0.418 e. The minimum Gasteiger partial charge on any atom is -0.449 e. The molecule has 0 saturated carbocycles. The fourth-order valence-electron chi connectivity index (χ4n) is 2.89. The Hall–Kier alpha value is -3.07. The van der Waals surface area contributed by atoms with Gasteiger partial charge in [0.25, 0.3) is 0 Å². The number of rotatable bonds is 6. The summed E-state index contributed by atoms with van der Waals surface area (Å²) in [6, 6.07) is 27.4. The monoisotopic (exact) mass is 345 g/mol. The fourth-order valence-corrected chi connectivity index (χ4v) is 2.89. The number of carbonyl (C=O) groups excluding carboxylic acids is 1. The van der Waals surface area contributed by atoms with Crippen LogP contribution in [0.1, 0.15) is 17.5 Å². The Balaban J connectivity index is 1.64. The molecule has 0 atom stereocenters. The van der Waals surface area contributed by atoms with E-state index in [-0.39, 0.29) is 6.09 Å². The largest absolute Gasteiger partial charge is 0.449 e. The summed E-state index contributed by atoms with van der Waals surface area (Å²) < 4.78 is 5.56. The third-order valence-corrected chi connectivity index (χ3v) is 4.29. The molecule has 0 unspecified atom stereocenters. The number of nitrogens with zero attached hydrogens (tertiary/aromatic N) is 1. The van der Waals surface area contributed by atoms with Crippen molar-refractivity contribution >= 4 is 17.5 Å². The quantitative estimate of drug-likeness (QED) is 0.520. The summed E-state index contributed by atoms with van der Waals surface area (Å²) in [5.74, 6) is 0. The zero-order valence-corrected chi connectivity index (χ0v) is 15.0. The minimum absolute atomic E-state index is 0.354. The first-order valence-electron chi connectivity index (χ1n) is 8.87. The van der Waals surface area contributed by atoms with Crippen LogP contribution in [0.3, 0.4) is 0 Å². The molecule has 0 aromatic heterocycles. The van der Waals surface area contributed by atoms with Crippen LogP contribution in [-0.4, -0.2) is 12.7 Å². The van der Waals surface area contributed by atoms with E-state index in [2.05, 4.69) is 19.1 Å². The Morgan fingerprint density at radius 2 is 1.35 bits per heavy atom. The van der Waals surface area contributed by atoms with Gasteiger partial charge in [0.05, 0.1) is 18.0 Å². The molecule has 0 radical (unpaired) electrons. The first-order chi connectivity index (χ1) is 12.8. The van der Waals surface area contributed by atoms with E-state index in [1.807, 2.05) is 72.8 Å². The number of aryl methyl sites for hydroxylation is 2. The van der Waals surface area contributed by atoms with Crippen LogP contribution in [0.4, 0.5) is 16.2 Å². The Bertz CT molecular complexity index is 792. The van der Waals surface area contributed by atoms with Crippen LogP contribution in [0.15, 0.2) is 84.9 Å². The molecular formula is C23H23NO2. The Kier molecular flexibility index (Phi) is 6.05. The topological polar surface area (TPSA) is 29.5 Å². The van der Waals surface area contributed by atoms with Gasteiger partial charge in [-0.3, -0.25) is 0 Å². The van der Waals surface area contributed by atoms with Crippen LogP contribution >= 0.6 is 0 Å². The molecule has 3 aromatic carbocycles. The van der Waals surface area contributed by atoms with Crippen molar-refractivity contribution in [2.45, 2.75) is 19.8 Å². The Morgan fingerprint density at radius 3 is 1.92 bits per heavy atom. The van der Waals surface area contributed by atoms with Crippen molar-refractivity contribution < 1.29 is 9.53 Å². The van der Waals surface area contributed by atoms with Gasteiger partial charge in [0.15, 0.2) is 0 Å². The first-order valence-corrected chi connectivity index (χ1v) is 8.87. The number of amides is 1. The van der Waals surface area contributed by atoms with Crippen molar-refractivity contribution in [1.82, 2.24) is 0 Å². The average molecular weight is 345 g/mol. The van der Waals surface area contributed by atoms with E-state index >= 15 is 0 Å². The number of para-hydroxylation sites is 2. The molecule has 3 heteroatoms. The minimum atomic E-state index is -0.354. The zero-order valence-electron chi connectivity index (χ0n) is 15.0. The molecule has 0 fully saturated rings. The van der Waals surface area contributed by atoms with E-state index in [1.165, 1.54) is 11.1 Å². The van der Waals surface area contributed by atoms with Crippen LogP contribution in [0.5, 0.6) is 0 Å². The van der Waals surface area contributed by atoms with Gasteiger partial charge in [0.1, 0.15) is 0 Å². The van der Waals surface area contributed by atoms with Gasteiger partial charge in [-0.15, -0.1) is 0 Å². The highest BCUT2D eigenvalue weighted by atomic mass is 16.6. The lowest BCUT2D eigenvalue weighted by molar-refractivity contribution is 0.155. The van der Waals surface area contributed by atoms with Gasteiger partial charge in [0, 0.05) is 0 Å². The molecule has 0 N–H and O–H groups in total. The third kappa shape index (κ3) is 4.51. The van der Waals surface area contributed by atoms with Crippen molar-refractivity contribution in [2.75, 3.05) is 11.5 Å². The van der Waals surface area contributed by atoms with E-state index in [4.69, 9.17) is 4.74 Å². The van der Waals surface area contributed by atoms with Gasteiger partial charge in [0.2, 0.25) is 0 Å². The summed E-state index contributed by atoms with van der Waals surface area (Å²) in [5, 5.41) is 0. The van der Waals surface area contributed by atoms with Gasteiger partial charge >= 0.3 is 6.09 Å². The SMILES string of the molecule is Cc1ccccc1CCCOC(=O)N(c1ccccc1)c1ccccc1. The van der Waals surface area contributed by atoms with Crippen molar-refractivity contribution in [2.24, 2.45) is 0 Å². The van der Waals surface area contributed by atoms with Crippen LogP contribution in [0.2, 0.25) is 0 Å². The second-order valence-electron chi connectivity index (χ2n) is 6.15. The molecule has 0 saturated heterocycles. The summed E-state index contributed by atoms with van der Waals surface area (Å²) >= 11 is 0. The van der Waals surface area contributed by atoms with Crippen LogP contribution in [0, 0.1) is 6.92 Å². The molecule has 0 aliphatic heterocycles. The predicted octanol–water partition coefficient (Wildman–Crippen LogP) is 5.90. The van der Waals surface area contributed by atoms with Crippen LogP contribution < -0.4 is 4.90 Å². The molecule has 1 amide bonds. The molecule has 0 aliphatic rings. The highest BCUT2D eigenvalue weighted by molar-refractivity contribution is 5.95. The molecule has 26 heavy (non-hydrogen) atoms. The zero-order chi connectivity index (χ0) is 18.2. The lowest BCUT2D eigenvalue weighted by Crippen LogP contribution is -2.27. The van der Waals surface area contributed by atoms with Gasteiger partial charge in [-0.2, -0.15) is 0 Å².